The van der Waals surface area contributed by atoms with E-state index in [9.17, 15) is 23.1 Å². The van der Waals surface area contributed by atoms with Gasteiger partial charge in [0.05, 0.1) is 36.9 Å². The molecule has 0 saturated heterocycles. The summed E-state index contributed by atoms with van der Waals surface area (Å²) in [4.78, 5) is 26.7. The standard InChI is InChI=1S/C29H38N4O6S/c1-7-9-22(15-26(34)39-8-2)33-24-14-20(28(35)30-40(6,37)38)10-11-23(24)32(29(33)36)17-21-16-31(5)25-13-18(3)12-19(4)27(21)25/h10-14,16,22,28,30,35H,7-9,15,17H2,1-6H3/t22-,28?/m0/s1. The summed E-state index contributed by atoms with van der Waals surface area (Å²) in [6.07, 6.45) is 2.79. The van der Waals surface area contributed by atoms with Crippen LogP contribution in [0.25, 0.3) is 21.9 Å². The number of nitrogens with one attached hydrogen (secondary N) is 1. The first-order valence-corrected chi connectivity index (χ1v) is 15.3. The van der Waals surface area contributed by atoms with Gasteiger partial charge in [-0.1, -0.05) is 25.5 Å². The second-order valence-electron chi connectivity index (χ2n) is 10.5. The largest absolute Gasteiger partial charge is 0.466 e. The highest BCUT2D eigenvalue weighted by molar-refractivity contribution is 7.88. The number of carbonyl (C=O) groups excluding carboxylic acids is 1. The Morgan fingerprint density at radius 3 is 2.48 bits per heavy atom. The molecule has 4 aromatic rings. The maximum absolute atomic E-state index is 14.1. The van der Waals surface area contributed by atoms with E-state index in [2.05, 4.69) is 35.3 Å². The molecular weight excluding hydrogens is 532 g/mol. The van der Waals surface area contributed by atoms with Crippen LogP contribution >= 0.6 is 0 Å². The van der Waals surface area contributed by atoms with Crippen molar-refractivity contribution in [2.24, 2.45) is 7.05 Å². The molecule has 0 bridgehead atoms. The molecule has 0 aliphatic rings. The molecule has 1 unspecified atom stereocenters. The molecular formula is C29H38N4O6S. The van der Waals surface area contributed by atoms with E-state index in [0.29, 0.717) is 24.0 Å². The quantitative estimate of drug-likeness (QED) is 0.209. The molecule has 2 heterocycles. The Labute approximate surface area is 234 Å². The molecule has 4 rings (SSSR count). The number of aliphatic hydroxyl groups excluding tert-OH is 1. The number of nitrogens with zero attached hydrogens (tertiary/aromatic N) is 3. The van der Waals surface area contributed by atoms with Crippen LogP contribution in [0.1, 0.15) is 67.6 Å². The minimum atomic E-state index is -3.69. The summed E-state index contributed by atoms with van der Waals surface area (Å²) in [5.41, 5.74) is 5.45. The van der Waals surface area contributed by atoms with Crippen LogP contribution in [-0.4, -0.2) is 46.1 Å². The van der Waals surface area contributed by atoms with E-state index >= 15 is 0 Å². The smallest absolute Gasteiger partial charge is 0.329 e. The first kappa shape index (κ1) is 29.6. The number of hydrogen-bond donors (Lipinski definition) is 2. The minimum absolute atomic E-state index is 0.0156. The summed E-state index contributed by atoms with van der Waals surface area (Å²) in [5, 5.41) is 11.7. The zero-order chi connectivity index (χ0) is 29.4. The molecule has 0 spiro atoms. The van der Waals surface area contributed by atoms with Gasteiger partial charge >= 0.3 is 11.7 Å². The predicted octanol–water partition coefficient (Wildman–Crippen LogP) is 3.79. The van der Waals surface area contributed by atoms with Gasteiger partial charge in [0.2, 0.25) is 10.0 Å². The summed E-state index contributed by atoms with van der Waals surface area (Å²) in [6.45, 7) is 8.37. The number of sulfonamides is 1. The Balaban J connectivity index is 1.93. The average molecular weight is 571 g/mol. The summed E-state index contributed by atoms with van der Waals surface area (Å²) >= 11 is 0. The summed E-state index contributed by atoms with van der Waals surface area (Å²) in [5.74, 6) is -0.399. The average Bonchev–Trinajstić information content (AvgIpc) is 3.31. The van der Waals surface area contributed by atoms with E-state index in [1.807, 2.05) is 20.2 Å². The SMILES string of the molecule is CCC[C@@H](CC(=O)OCC)n1c(=O)n(Cc2cn(C)c3cc(C)cc(C)c23)c2ccc(C(O)NS(C)(=O)=O)cc21. The van der Waals surface area contributed by atoms with Gasteiger partial charge in [-0.15, -0.1) is 0 Å². The Bertz CT molecular complexity index is 1730. The molecule has 0 amide bonds. The number of benzene rings is 2. The van der Waals surface area contributed by atoms with Crippen LogP contribution in [0.4, 0.5) is 0 Å². The third-order valence-electron chi connectivity index (χ3n) is 7.16. The third-order valence-corrected chi connectivity index (χ3v) is 7.81. The maximum Gasteiger partial charge on any atom is 0.329 e. The second-order valence-corrected chi connectivity index (χ2v) is 12.3. The zero-order valence-electron chi connectivity index (χ0n) is 23.9. The fourth-order valence-electron chi connectivity index (χ4n) is 5.61. The van der Waals surface area contributed by atoms with Gasteiger partial charge in [-0.25, -0.2) is 13.2 Å². The van der Waals surface area contributed by atoms with Gasteiger partial charge in [-0.2, -0.15) is 4.72 Å². The molecule has 2 atom stereocenters. The Kier molecular flexibility index (Phi) is 8.57. The fourth-order valence-corrected chi connectivity index (χ4v) is 6.15. The van der Waals surface area contributed by atoms with Gasteiger partial charge in [-0.3, -0.25) is 13.9 Å². The van der Waals surface area contributed by atoms with Gasteiger partial charge in [0.15, 0.2) is 0 Å². The normalized spacial score (nSPS) is 13.7. The van der Waals surface area contributed by atoms with Crippen LogP contribution in [0.3, 0.4) is 0 Å². The number of ether oxygens (including phenoxy) is 1. The highest BCUT2D eigenvalue weighted by Gasteiger charge is 2.25. The van der Waals surface area contributed by atoms with E-state index in [1.54, 1.807) is 34.3 Å². The number of hydrogen-bond acceptors (Lipinski definition) is 6. The molecule has 2 N–H and O–H groups in total. The maximum atomic E-state index is 14.1. The summed E-state index contributed by atoms with van der Waals surface area (Å²) in [7, 11) is -1.71. The lowest BCUT2D eigenvalue weighted by Gasteiger charge is -2.18. The zero-order valence-corrected chi connectivity index (χ0v) is 24.7. The molecule has 0 aliphatic carbocycles. The van der Waals surface area contributed by atoms with E-state index in [0.717, 1.165) is 40.3 Å². The van der Waals surface area contributed by atoms with E-state index in [1.165, 1.54) is 0 Å². The van der Waals surface area contributed by atoms with Crippen molar-refractivity contribution in [1.29, 1.82) is 0 Å². The number of rotatable bonds is 11. The molecule has 40 heavy (non-hydrogen) atoms. The first-order valence-electron chi connectivity index (χ1n) is 13.4. The molecule has 10 nitrogen and oxygen atoms in total. The highest BCUT2D eigenvalue weighted by Crippen LogP contribution is 2.30. The van der Waals surface area contributed by atoms with Gasteiger partial charge in [-0.05, 0) is 67.6 Å². The minimum Gasteiger partial charge on any atom is -0.466 e. The number of aliphatic hydroxyl groups is 1. The second kappa shape index (κ2) is 11.6. The first-order chi connectivity index (χ1) is 18.8. The van der Waals surface area contributed by atoms with Crippen LogP contribution in [-0.2, 0) is 33.1 Å². The van der Waals surface area contributed by atoms with Crippen molar-refractivity contribution in [3.63, 3.8) is 0 Å². The fraction of sp³-hybridized carbons (Fsp3) is 0.448. The monoisotopic (exact) mass is 570 g/mol. The Morgan fingerprint density at radius 1 is 1.10 bits per heavy atom. The van der Waals surface area contributed by atoms with Crippen molar-refractivity contribution in [1.82, 2.24) is 18.4 Å². The van der Waals surface area contributed by atoms with E-state index in [4.69, 9.17) is 4.74 Å². The van der Waals surface area contributed by atoms with Gasteiger partial charge in [0.25, 0.3) is 0 Å². The molecule has 0 aliphatic heterocycles. The van der Waals surface area contributed by atoms with Crippen molar-refractivity contribution in [3.8, 4) is 0 Å². The Morgan fingerprint density at radius 2 is 1.82 bits per heavy atom. The number of carbonyl (C=O) groups is 1. The van der Waals surface area contributed by atoms with Crippen molar-refractivity contribution < 1.29 is 23.1 Å². The lowest BCUT2D eigenvalue weighted by Crippen LogP contribution is -2.29. The molecule has 0 saturated carbocycles. The molecule has 2 aromatic heterocycles. The molecule has 2 aromatic carbocycles. The molecule has 216 valence electrons. The van der Waals surface area contributed by atoms with Gasteiger partial charge in [0.1, 0.15) is 6.23 Å². The van der Waals surface area contributed by atoms with Crippen molar-refractivity contribution in [2.45, 2.75) is 65.8 Å². The molecule has 0 fully saturated rings. The van der Waals surface area contributed by atoms with Crippen molar-refractivity contribution in [3.05, 3.63) is 69.3 Å². The predicted molar refractivity (Wildman–Crippen MR) is 156 cm³/mol. The number of imidazole rings is 1. The van der Waals surface area contributed by atoms with Crippen LogP contribution < -0.4 is 10.4 Å². The topological polar surface area (TPSA) is 125 Å². The number of aromatic nitrogens is 3. The number of esters is 1. The third kappa shape index (κ3) is 6.01. The lowest BCUT2D eigenvalue weighted by atomic mass is 10.0. The van der Waals surface area contributed by atoms with E-state index < -0.39 is 28.3 Å². The number of fused-ring (bicyclic) bond motifs is 2. The molecule has 11 heteroatoms. The Hall–Kier alpha value is -3.41. The van der Waals surface area contributed by atoms with Crippen LogP contribution in [0.2, 0.25) is 0 Å². The van der Waals surface area contributed by atoms with Crippen LogP contribution in [0.5, 0.6) is 0 Å². The summed E-state index contributed by atoms with van der Waals surface area (Å²) in [6, 6.07) is 8.69. The van der Waals surface area contributed by atoms with Crippen LogP contribution in [0, 0.1) is 13.8 Å². The summed E-state index contributed by atoms with van der Waals surface area (Å²) < 4.78 is 36.2. The highest BCUT2D eigenvalue weighted by atomic mass is 32.2. The van der Waals surface area contributed by atoms with Gasteiger partial charge < -0.3 is 14.4 Å². The van der Waals surface area contributed by atoms with Gasteiger partial charge in [0, 0.05) is 30.2 Å². The van der Waals surface area contributed by atoms with Crippen LogP contribution in [0.15, 0.2) is 41.3 Å². The van der Waals surface area contributed by atoms with E-state index in [-0.39, 0.29) is 24.3 Å². The molecule has 0 radical (unpaired) electrons. The lowest BCUT2D eigenvalue weighted by molar-refractivity contribution is -0.144. The number of aryl methyl sites for hydroxylation is 3. The van der Waals surface area contributed by atoms with Crippen molar-refractivity contribution >= 4 is 37.9 Å². The van der Waals surface area contributed by atoms with Crippen molar-refractivity contribution in [2.75, 3.05) is 12.9 Å².